The first-order chi connectivity index (χ1) is 7.45. The minimum Gasteiger partial charge on any atom is -0.783 e. The topological polar surface area (TPSA) is 55.4 Å². The molecule has 16 heavy (non-hydrogen) atoms. The van der Waals surface area contributed by atoms with Gasteiger partial charge in [-0.05, 0) is 30.6 Å². The molecule has 1 N–H and O–H groups in total. The molecule has 1 unspecified atom stereocenters. The van der Waals surface area contributed by atoms with E-state index in [1.54, 1.807) is 0 Å². The molecule has 4 nitrogen and oxygen atoms in total. The van der Waals surface area contributed by atoms with Crippen LogP contribution >= 0.6 is 0 Å². The molecule has 0 radical (unpaired) electrons. The minimum atomic E-state index is -0.608. The molecule has 2 aliphatic rings. The molecule has 4 heteroatoms. The highest BCUT2D eigenvalue weighted by Gasteiger charge is 2.49. The maximum atomic E-state index is 12.1. The fraction of sp³-hybridized carbons (Fsp3) is 0.917. The van der Waals surface area contributed by atoms with Gasteiger partial charge in [0, 0.05) is 0 Å². The van der Waals surface area contributed by atoms with Crippen LogP contribution in [0.4, 0.5) is 0 Å². The lowest BCUT2D eigenvalue weighted by molar-refractivity contribution is -0.119. The zero-order chi connectivity index (χ0) is 11.9. The van der Waals surface area contributed by atoms with Gasteiger partial charge < -0.3 is 15.6 Å². The van der Waals surface area contributed by atoms with Crippen molar-refractivity contribution in [1.82, 2.24) is 10.4 Å². The lowest BCUT2D eigenvalue weighted by Crippen LogP contribution is -2.59. The number of carbonyl (C=O) groups is 1. The van der Waals surface area contributed by atoms with Crippen molar-refractivity contribution in [3.8, 4) is 0 Å². The smallest absolute Gasteiger partial charge is 0.234 e. The quantitative estimate of drug-likeness (QED) is 0.739. The van der Waals surface area contributed by atoms with E-state index in [2.05, 4.69) is 26.1 Å². The second-order valence-corrected chi connectivity index (χ2v) is 5.75. The third kappa shape index (κ3) is 1.74. The Kier molecular flexibility index (Phi) is 2.97. The van der Waals surface area contributed by atoms with Crippen molar-refractivity contribution in [1.29, 1.82) is 0 Å². The number of amides is 1. The fourth-order valence-electron chi connectivity index (χ4n) is 3.42. The first-order valence-electron chi connectivity index (χ1n) is 6.21. The summed E-state index contributed by atoms with van der Waals surface area (Å²) in [7, 11) is 0. The van der Waals surface area contributed by atoms with Crippen LogP contribution in [0, 0.1) is 23.0 Å². The summed E-state index contributed by atoms with van der Waals surface area (Å²) >= 11 is 0. The van der Waals surface area contributed by atoms with Crippen molar-refractivity contribution < 1.29 is 4.79 Å². The summed E-state index contributed by atoms with van der Waals surface area (Å²) in [6.07, 6.45) is 3.00. The maximum Gasteiger partial charge on any atom is 0.234 e. The highest BCUT2D eigenvalue weighted by Crippen LogP contribution is 2.44. The lowest BCUT2D eigenvalue weighted by atomic mass is 9.70. The van der Waals surface area contributed by atoms with Gasteiger partial charge in [0.15, 0.2) is 0 Å². The van der Waals surface area contributed by atoms with Crippen molar-refractivity contribution in [2.75, 3.05) is 6.54 Å². The molecule has 1 saturated heterocycles. The lowest BCUT2D eigenvalue weighted by Gasteiger charge is -2.53. The molecule has 1 saturated carbocycles. The minimum absolute atomic E-state index is 0.00986. The Morgan fingerprint density at radius 3 is 2.69 bits per heavy atom. The van der Waals surface area contributed by atoms with Crippen molar-refractivity contribution in [2.24, 2.45) is 17.8 Å². The van der Waals surface area contributed by atoms with Crippen LogP contribution in [-0.2, 0) is 4.79 Å². The van der Waals surface area contributed by atoms with E-state index >= 15 is 0 Å². The van der Waals surface area contributed by atoms with Gasteiger partial charge in [-0.15, -0.1) is 0 Å². The summed E-state index contributed by atoms with van der Waals surface area (Å²) < 4.78 is 0. The summed E-state index contributed by atoms with van der Waals surface area (Å²) in [4.78, 5) is 11.4. The van der Waals surface area contributed by atoms with Gasteiger partial charge in [0.05, 0.1) is 12.2 Å². The second-order valence-electron chi connectivity index (χ2n) is 5.75. The number of nitrogens with zero attached hydrogens (tertiary/aromatic N) is 1. The number of hydroxylamine groups is 2. The van der Waals surface area contributed by atoms with Crippen LogP contribution in [0.5, 0.6) is 0 Å². The third-order valence-corrected chi connectivity index (χ3v) is 4.14. The molecule has 2 fully saturated rings. The summed E-state index contributed by atoms with van der Waals surface area (Å²) in [5.74, 6) is 1.12. The fourth-order valence-corrected chi connectivity index (χ4v) is 3.42. The molecule has 1 aliphatic heterocycles. The van der Waals surface area contributed by atoms with E-state index in [4.69, 9.17) is 0 Å². The predicted octanol–water partition coefficient (Wildman–Crippen LogP) is 1.70. The molecule has 92 valence electrons. The van der Waals surface area contributed by atoms with Gasteiger partial charge in [0.2, 0.25) is 5.91 Å². The monoisotopic (exact) mass is 225 g/mol. The molecule has 1 aliphatic carbocycles. The second kappa shape index (κ2) is 4.00. The Hall–Kier alpha value is -0.610. The average Bonchev–Trinajstić information content (AvgIpc) is 2.41. The molecular formula is C12H21N2O2-. The average molecular weight is 225 g/mol. The molecule has 1 amide bonds. The standard InChI is InChI=1S/C12H21N2O2/c1-8(2)10-5-4-9(3)6-12(10)13-11(15)7-14(12)16/h8-10H,4-7H2,1-3H3,(H,13,15)/q-1/t9-,10+,12?/m0/s1. The van der Waals surface area contributed by atoms with Crippen LogP contribution in [0.2, 0.25) is 0 Å². The van der Waals surface area contributed by atoms with Gasteiger partial charge in [-0.25, -0.2) is 0 Å². The molecule has 0 aromatic carbocycles. The Balaban J connectivity index is 2.28. The first-order valence-corrected chi connectivity index (χ1v) is 6.21. The van der Waals surface area contributed by atoms with Gasteiger partial charge >= 0.3 is 0 Å². The van der Waals surface area contributed by atoms with E-state index in [1.165, 1.54) is 0 Å². The van der Waals surface area contributed by atoms with Crippen molar-refractivity contribution in [3.63, 3.8) is 0 Å². The molecular weight excluding hydrogens is 204 g/mol. The van der Waals surface area contributed by atoms with Crippen molar-refractivity contribution >= 4 is 5.91 Å². The van der Waals surface area contributed by atoms with Gasteiger partial charge in [-0.2, -0.15) is 0 Å². The summed E-state index contributed by atoms with van der Waals surface area (Å²) in [5.41, 5.74) is -0.608. The van der Waals surface area contributed by atoms with E-state index in [0.717, 1.165) is 24.3 Å². The molecule has 3 atom stereocenters. The molecule has 2 rings (SSSR count). The van der Waals surface area contributed by atoms with E-state index in [9.17, 15) is 10.0 Å². The number of rotatable bonds is 1. The zero-order valence-electron chi connectivity index (χ0n) is 10.3. The Labute approximate surface area is 97.0 Å². The summed E-state index contributed by atoms with van der Waals surface area (Å²) in [6.45, 7) is 6.45. The van der Waals surface area contributed by atoms with Crippen molar-refractivity contribution in [3.05, 3.63) is 5.21 Å². The number of carbonyl (C=O) groups excluding carboxylic acids is 1. The highest BCUT2D eigenvalue weighted by molar-refractivity contribution is 5.81. The van der Waals surface area contributed by atoms with E-state index in [0.29, 0.717) is 11.8 Å². The van der Waals surface area contributed by atoms with Gasteiger partial charge in [-0.1, -0.05) is 27.2 Å². The van der Waals surface area contributed by atoms with E-state index < -0.39 is 5.66 Å². The number of hydrogen-bond donors (Lipinski definition) is 1. The Bertz CT molecular complexity index is 293. The van der Waals surface area contributed by atoms with E-state index in [-0.39, 0.29) is 18.4 Å². The number of hydrogen-bond acceptors (Lipinski definition) is 3. The van der Waals surface area contributed by atoms with Crippen LogP contribution in [0.1, 0.15) is 40.0 Å². The first kappa shape index (κ1) is 11.9. The van der Waals surface area contributed by atoms with Crippen LogP contribution in [0.3, 0.4) is 0 Å². The predicted molar refractivity (Wildman–Crippen MR) is 62.3 cm³/mol. The number of nitrogens with one attached hydrogen (secondary N) is 1. The highest BCUT2D eigenvalue weighted by atomic mass is 16.5. The Morgan fingerprint density at radius 1 is 1.50 bits per heavy atom. The molecule has 1 heterocycles. The summed E-state index contributed by atoms with van der Waals surface area (Å²) in [5, 5.41) is 16.0. The Morgan fingerprint density at radius 2 is 2.19 bits per heavy atom. The molecule has 0 bridgehead atoms. The van der Waals surface area contributed by atoms with Gasteiger partial charge in [0.25, 0.3) is 0 Å². The van der Waals surface area contributed by atoms with Crippen LogP contribution in [0.15, 0.2) is 0 Å². The van der Waals surface area contributed by atoms with Crippen LogP contribution in [0.25, 0.3) is 0 Å². The molecule has 0 aromatic heterocycles. The third-order valence-electron chi connectivity index (χ3n) is 4.14. The van der Waals surface area contributed by atoms with Gasteiger partial charge in [0.1, 0.15) is 0 Å². The maximum absolute atomic E-state index is 12.1. The van der Waals surface area contributed by atoms with Gasteiger partial charge in [-0.3, -0.25) is 4.79 Å². The summed E-state index contributed by atoms with van der Waals surface area (Å²) in [6, 6.07) is 0. The van der Waals surface area contributed by atoms with Crippen LogP contribution < -0.4 is 5.32 Å². The van der Waals surface area contributed by atoms with Crippen LogP contribution in [-0.4, -0.2) is 23.2 Å². The zero-order valence-corrected chi connectivity index (χ0v) is 10.3. The van der Waals surface area contributed by atoms with Crippen molar-refractivity contribution in [2.45, 2.75) is 45.7 Å². The normalized spacial score (nSPS) is 40.7. The SMILES string of the molecule is CC(C)[C@H]1CC[C@H](C)CC12NC(=O)CN2[O-]. The molecule has 1 spiro atoms. The van der Waals surface area contributed by atoms with E-state index in [1.807, 2.05) is 0 Å². The molecule has 0 aromatic rings. The largest absolute Gasteiger partial charge is 0.783 e.